The van der Waals surface area contributed by atoms with Crippen LogP contribution in [-0.4, -0.2) is 16.1 Å². The maximum Gasteiger partial charge on any atom is 0.267 e. The number of hydrogen-bond acceptors (Lipinski definition) is 4. The van der Waals surface area contributed by atoms with Crippen LogP contribution in [0.3, 0.4) is 0 Å². The van der Waals surface area contributed by atoms with Crippen LogP contribution in [0.2, 0.25) is 5.02 Å². The van der Waals surface area contributed by atoms with Crippen LogP contribution in [0.15, 0.2) is 21.4 Å². The van der Waals surface area contributed by atoms with Crippen LogP contribution < -0.4 is 15.6 Å². The van der Waals surface area contributed by atoms with Gasteiger partial charge in [0.1, 0.15) is 0 Å². The summed E-state index contributed by atoms with van der Waals surface area (Å²) in [5, 5.41) is 9.50. The van der Waals surface area contributed by atoms with Crippen molar-refractivity contribution in [3.63, 3.8) is 0 Å². The van der Waals surface area contributed by atoms with Gasteiger partial charge >= 0.3 is 0 Å². The fraction of sp³-hybridized carbons (Fsp3) is 0.312. The second-order valence-corrected chi connectivity index (χ2v) is 6.84. The van der Waals surface area contributed by atoms with E-state index in [2.05, 4.69) is 31.4 Å². The number of nitrogens with one attached hydrogen (secondary N) is 2. The van der Waals surface area contributed by atoms with Gasteiger partial charge in [-0.3, -0.25) is 9.59 Å². The molecule has 1 aliphatic carbocycles. The highest BCUT2D eigenvalue weighted by atomic mass is 79.9. The van der Waals surface area contributed by atoms with Crippen molar-refractivity contribution < 1.29 is 9.53 Å². The second kappa shape index (κ2) is 6.94. The third-order valence-corrected chi connectivity index (χ3v) is 4.65. The molecule has 0 saturated carbocycles. The van der Waals surface area contributed by atoms with Crippen molar-refractivity contribution >= 4 is 39.1 Å². The van der Waals surface area contributed by atoms with Crippen molar-refractivity contribution in [2.24, 2.45) is 0 Å². The molecule has 8 heteroatoms. The number of anilines is 1. The predicted molar refractivity (Wildman–Crippen MR) is 95.0 cm³/mol. The second-order valence-electron chi connectivity index (χ2n) is 5.57. The Morgan fingerprint density at radius 3 is 2.71 bits per heavy atom. The van der Waals surface area contributed by atoms with Gasteiger partial charge in [0.05, 0.1) is 9.50 Å². The lowest BCUT2D eigenvalue weighted by Crippen LogP contribution is -2.21. The maximum absolute atomic E-state index is 11.9. The maximum atomic E-state index is 11.9. The summed E-state index contributed by atoms with van der Waals surface area (Å²) in [7, 11) is 0. The van der Waals surface area contributed by atoms with Crippen molar-refractivity contribution in [3.05, 3.63) is 43.1 Å². The first-order valence-electron chi connectivity index (χ1n) is 7.50. The predicted octanol–water partition coefficient (Wildman–Crippen LogP) is 3.82. The molecule has 0 saturated heterocycles. The fourth-order valence-electron chi connectivity index (χ4n) is 2.74. The molecular formula is C16H15BrClN3O3. The summed E-state index contributed by atoms with van der Waals surface area (Å²) in [6, 6.07) is 3.29. The molecule has 1 aromatic carbocycles. The molecule has 6 nitrogen and oxygen atoms in total. The third kappa shape index (κ3) is 3.47. The summed E-state index contributed by atoms with van der Waals surface area (Å²) < 4.78 is 6.46. The lowest BCUT2D eigenvalue weighted by atomic mass is 9.94. The topological polar surface area (TPSA) is 84.1 Å². The summed E-state index contributed by atoms with van der Waals surface area (Å²) in [5.41, 5.74) is 1.96. The van der Waals surface area contributed by atoms with E-state index in [0.717, 1.165) is 36.8 Å². The highest BCUT2D eigenvalue weighted by molar-refractivity contribution is 9.10. The van der Waals surface area contributed by atoms with Gasteiger partial charge in [-0.25, -0.2) is 5.10 Å². The van der Waals surface area contributed by atoms with Crippen LogP contribution in [0, 0.1) is 0 Å². The van der Waals surface area contributed by atoms with Gasteiger partial charge < -0.3 is 10.1 Å². The Balaban J connectivity index is 1.97. The molecule has 0 bridgehead atoms. The average Bonchev–Trinajstić information content (AvgIpc) is 2.52. The first-order chi connectivity index (χ1) is 11.5. The Morgan fingerprint density at radius 1 is 1.33 bits per heavy atom. The lowest BCUT2D eigenvalue weighted by molar-refractivity contribution is -0.114. The number of carbonyl (C=O) groups is 1. The highest BCUT2D eigenvalue weighted by Crippen LogP contribution is 2.40. The van der Waals surface area contributed by atoms with Gasteiger partial charge in [0.15, 0.2) is 5.75 Å². The first-order valence-corrected chi connectivity index (χ1v) is 8.67. The van der Waals surface area contributed by atoms with Gasteiger partial charge in [-0.2, -0.15) is 0 Å². The van der Waals surface area contributed by atoms with E-state index >= 15 is 0 Å². The summed E-state index contributed by atoms with van der Waals surface area (Å²) >= 11 is 9.67. The molecular weight excluding hydrogens is 398 g/mol. The van der Waals surface area contributed by atoms with Crippen molar-refractivity contribution in [2.75, 3.05) is 5.32 Å². The molecule has 24 heavy (non-hydrogen) atoms. The number of nitrogens with zero attached hydrogens (tertiary/aromatic N) is 1. The monoisotopic (exact) mass is 411 g/mol. The van der Waals surface area contributed by atoms with E-state index in [1.54, 1.807) is 12.1 Å². The molecule has 0 atom stereocenters. The number of hydrogen-bond donors (Lipinski definition) is 2. The Labute approximate surface area is 151 Å². The van der Waals surface area contributed by atoms with Crippen molar-refractivity contribution in [1.29, 1.82) is 0 Å². The van der Waals surface area contributed by atoms with Crippen LogP contribution in [0.25, 0.3) is 0 Å². The lowest BCUT2D eigenvalue weighted by Gasteiger charge is -2.18. The molecule has 1 aliphatic rings. The number of aromatic nitrogens is 2. The Kier molecular flexibility index (Phi) is 4.91. The number of benzene rings is 1. The average molecular weight is 413 g/mol. The minimum absolute atomic E-state index is 0.164. The molecule has 1 aromatic heterocycles. The fourth-order valence-corrected chi connectivity index (χ4v) is 3.66. The molecule has 126 valence electrons. The van der Waals surface area contributed by atoms with Crippen LogP contribution in [-0.2, 0) is 17.6 Å². The quantitative estimate of drug-likeness (QED) is 0.803. The number of fused-ring (bicyclic) bond motifs is 1. The van der Waals surface area contributed by atoms with Crippen molar-refractivity contribution in [3.8, 4) is 11.6 Å². The number of amides is 1. The van der Waals surface area contributed by atoms with E-state index in [1.165, 1.54) is 6.92 Å². The van der Waals surface area contributed by atoms with Gasteiger partial charge in [-0.15, -0.1) is 5.10 Å². The van der Waals surface area contributed by atoms with Crippen molar-refractivity contribution in [2.45, 2.75) is 32.6 Å². The van der Waals surface area contributed by atoms with E-state index in [-0.39, 0.29) is 11.5 Å². The molecule has 0 aliphatic heterocycles. The van der Waals surface area contributed by atoms with Crippen molar-refractivity contribution in [1.82, 2.24) is 10.2 Å². The largest absolute Gasteiger partial charge is 0.435 e. The molecule has 1 amide bonds. The molecule has 3 rings (SSSR count). The van der Waals surface area contributed by atoms with E-state index in [4.69, 9.17) is 16.3 Å². The van der Waals surface area contributed by atoms with Crippen LogP contribution in [0.4, 0.5) is 5.69 Å². The van der Waals surface area contributed by atoms with Crippen LogP contribution in [0.1, 0.15) is 30.9 Å². The summed E-state index contributed by atoms with van der Waals surface area (Å²) in [4.78, 5) is 23.1. The molecule has 0 spiro atoms. The molecule has 2 aromatic rings. The van der Waals surface area contributed by atoms with E-state index in [1.807, 2.05) is 0 Å². The number of aromatic amines is 1. The zero-order valence-electron chi connectivity index (χ0n) is 12.9. The number of ether oxygens (including phenoxy) is 1. The van der Waals surface area contributed by atoms with Crippen LogP contribution in [0.5, 0.6) is 11.6 Å². The minimum atomic E-state index is -0.192. The van der Waals surface area contributed by atoms with E-state index in [9.17, 15) is 9.59 Å². The number of H-pyrrole nitrogens is 1. The van der Waals surface area contributed by atoms with Gasteiger partial charge in [0, 0.05) is 23.7 Å². The Bertz CT molecular complexity index is 843. The molecule has 0 fully saturated rings. The zero-order valence-corrected chi connectivity index (χ0v) is 15.3. The molecule has 1 heterocycles. The van der Waals surface area contributed by atoms with Gasteiger partial charge in [0.25, 0.3) is 5.56 Å². The minimum Gasteiger partial charge on any atom is -0.435 e. The van der Waals surface area contributed by atoms with Gasteiger partial charge in [-0.05, 0) is 53.7 Å². The molecule has 2 N–H and O–H groups in total. The smallest absolute Gasteiger partial charge is 0.267 e. The van der Waals surface area contributed by atoms with Gasteiger partial charge in [0.2, 0.25) is 11.8 Å². The van der Waals surface area contributed by atoms with Crippen LogP contribution >= 0.6 is 27.5 Å². The standard InChI is InChI=1S/C16H15BrClN3O3/c1-8(22)19-9-6-12(17)14(13(18)7-9)24-16-11-5-3-2-4-10(11)15(23)20-21-16/h6-7H,2-5H2,1H3,(H,19,22)(H,20,23). The Morgan fingerprint density at radius 2 is 2.04 bits per heavy atom. The number of carbonyl (C=O) groups excluding carboxylic acids is 1. The van der Waals surface area contributed by atoms with E-state index in [0.29, 0.717) is 26.8 Å². The Hall–Kier alpha value is -1.86. The molecule has 0 radical (unpaired) electrons. The number of rotatable bonds is 3. The van der Waals surface area contributed by atoms with Gasteiger partial charge in [-0.1, -0.05) is 11.6 Å². The summed E-state index contributed by atoms with van der Waals surface area (Å²) in [6.07, 6.45) is 3.45. The SMILES string of the molecule is CC(=O)Nc1cc(Cl)c(Oc2n[nH]c(=O)c3c2CCCC3)c(Br)c1. The van der Waals surface area contributed by atoms with E-state index < -0.39 is 0 Å². The molecule has 0 unspecified atom stereocenters. The first kappa shape index (κ1) is 17.0. The summed E-state index contributed by atoms with van der Waals surface area (Å²) in [6.45, 7) is 1.42. The third-order valence-electron chi connectivity index (χ3n) is 3.78. The summed E-state index contributed by atoms with van der Waals surface area (Å²) in [5.74, 6) is 0.556. The highest BCUT2D eigenvalue weighted by Gasteiger charge is 2.21. The number of halogens is 2. The normalized spacial score (nSPS) is 13.3. The zero-order chi connectivity index (χ0) is 17.3.